The molecule has 1 saturated carbocycles. The van der Waals surface area contributed by atoms with Crippen LogP contribution in [0, 0.1) is 0 Å². The Bertz CT molecular complexity index is 793. The van der Waals surface area contributed by atoms with Gasteiger partial charge in [-0.15, -0.1) is 0 Å². The molecule has 1 N–H and O–H groups in total. The van der Waals surface area contributed by atoms with Crippen molar-refractivity contribution in [2.45, 2.75) is 50.1 Å². The summed E-state index contributed by atoms with van der Waals surface area (Å²) in [6, 6.07) is 7.58. The number of fused-ring (bicyclic) bond motifs is 1. The van der Waals surface area contributed by atoms with Gasteiger partial charge in [0.1, 0.15) is 0 Å². The second-order valence-electron chi connectivity index (χ2n) is 6.39. The second kappa shape index (κ2) is 4.78. The summed E-state index contributed by atoms with van der Waals surface area (Å²) < 4.78 is 28.0. The average molecular weight is 304 g/mol. The lowest BCUT2D eigenvalue weighted by Gasteiger charge is -2.15. The number of hydrogen-bond acceptors (Lipinski definition) is 3. The Hall–Kier alpha value is -1.46. The van der Waals surface area contributed by atoms with Crippen LogP contribution in [0.15, 0.2) is 35.5 Å². The first-order valence-electron chi connectivity index (χ1n) is 7.24. The SMILES string of the molecule is CC(C)c1cnc(S(=O)(=O)NC2(C)CC2)c2ccccc12. The number of aromatic nitrogens is 1. The highest BCUT2D eigenvalue weighted by atomic mass is 32.2. The fraction of sp³-hybridized carbons (Fsp3) is 0.438. The van der Waals surface area contributed by atoms with E-state index in [1.165, 1.54) is 0 Å². The van der Waals surface area contributed by atoms with E-state index in [4.69, 9.17) is 0 Å². The van der Waals surface area contributed by atoms with Crippen LogP contribution in [-0.2, 0) is 10.0 Å². The number of sulfonamides is 1. The normalized spacial score (nSPS) is 17.3. The standard InChI is InChI=1S/C16H20N2O2S/c1-11(2)14-10-17-15(13-7-5-4-6-12(13)14)21(19,20)18-16(3)8-9-16/h4-7,10-11,18H,8-9H2,1-3H3. The number of rotatable bonds is 4. The van der Waals surface area contributed by atoms with Crippen LogP contribution >= 0.6 is 0 Å². The number of benzene rings is 1. The Morgan fingerprint density at radius 2 is 1.81 bits per heavy atom. The third-order valence-corrected chi connectivity index (χ3v) is 5.64. The van der Waals surface area contributed by atoms with Gasteiger partial charge in [-0.3, -0.25) is 0 Å². The molecule has 0 bridgehead atoms. The van der Waals surface area contributed by atoms with E-state index in [1.807, 2.05) is 31.2 Å². The van der Waals surface area contributed by atoms with E-state index in [0.717, 1.165) is 23.8 Å². The first-order chi connectivity index (χ1) is 9.82. The first-order valence-corrected chi connectivity index (χ1v) is 8.72. The lowest BCUT2D eigenvalue weighted by atomic mass is 9.99. The van der Waals surface area contributed by atoms with E-state index in [9.17, 15) is 8.42 Å². The summed E-state index contributed by atoms with van der Waals surface area (Å²) >= 11 is 0. The molecule has 1 fully saturated rings. The summed E-state index contributed by atoms with van der Waals surface area (Å²) in [6.45, 7) is 6.09. The van der Waals surface area contributed by atoms with E-state index in [-0.39, 0.29) is 10.6 Å². The quantitative estimate of drug-likeness (QED) is 0.943. The minimum absolute atomic E-state index is 0.135. The molecule has 112 valence electrons. The van der Waals surface area contributed by atoms with E-state index >= 15 is 0 Å². The fourth-order valence-corrected chi connectivity index (χ4v) is 4.13. The van der Waals surface area contributed by atoms with Gasteiger partial charge in [-0.1, -0.05) is 38.1 Å². The van der Waals surface area contributed by atoms with Crippen LogP contribution in [-0.4, -0.2) is 18.9 Å². The van der Waals surface area contributed by atoms with Crippen molar-refractivity contribution in [1.29, 1.82) is 0 Å². The molecule has 1 aromatic carbocycles. The van der Waals surface area contributed by atoms with Crippen molar-refractivity contribution in [2.24, 2.45) is 0 Å². The van der Waals surface area contributed by atoms with E-state index in [2.05, 4.69) is 23.6 Å². The zero-order valence-corrected chi connectivity index (χ0v) is 13.4. The van der Waals surface area contributed by atoms with Crippen LogP contribution in [0.2, 0.25) is 0 Å². The Balaban J connectivity index is 2.18. The molecule has 1 aliphatic rings. The topological polar surface area (TPSA) is 59.1 Å². The molecule has 0 radical (unpaired) electrons. The number of nitrogens with one attached hydrogen (secondary N) is 1. The summed E-state index contributed by atoms with van der Waals surface area (Å²) in [5.74, 6) is 0.299. The zero-order chi connectivity index (χ0) is 15.3. The number of nitrogens with zero attached hydrogens (tertiary/aromatic N) is 1. The Morgan fingerprint density at radius 1 is 1.19 bits per heavy atom. The minimum Gasteiger partial charge on any atom is -0.243 e. The molecule has 1 aliphatic carbocycles. The molecule has 0 amide bonds. The van der Waals surface area contributed by atoms with Gasteiger partial charge in [0.2, 0.25) is 0 Å². The van der Waals surface area contributed by atoms with Gasteiger partial charge in [-0.25, -0.2) is 18.1 Å². The molecule has 0 atom stereocenters. The molecule has 3 rings (SSSR count). The summed E-state index contributed by atoms with van der Waals surface area (Å²) in [5.41, 5.74) is 0.778. The smallest absolute Gasteiger partial charge is 0.243 e. The van der Waals surface area contributed by atoms with Gasteiger partial charge in [0.25, 0.3) is 10.0 Å². The molecular formula is C16H20N2O2S. The monoisotopic (exact) mass is 304 g/mol. The van der Waals surface area contributed by atoms with Crippen molar-refractivity contribution in [1.82, 2.24) is 9.71 Å². The van der Waals surface area contributed by atoms with Crippen LogP contribution in [0.5, 0.6) is 0 Å². The molecule has 0 saturated heterocycles. The molecule has 21 heavy (non-hydrogen) atoms. The summed E-state index contributed by atoms with van der Waals surface area (Å²) in [5, 5.41) is 1.79. The van der Waals surface area contributed by atoms with Gasteiger partial charge in [0, 0.05) is 17.1 Å². The predicted molar refractivity (Wildman–Crippen MR) is 83.8 cm³/mol. The van der Waals surface area contributed by atoms with Gasteiger partial charge in [-0.05, 0) is 36.6 Å². The van der Waals surface area contributed by atoms with Crippen molar-refractivity contribution >= 4 is 20.8 Å². The maximum absolute atomic E-state index is 12.6. The lowest BCUT2D eigenvalue weighted by molar-refractivity contribution is 0.555. The van der Waals surface area contributed by atoms with Crippen molar-refractivity contribution < 1.29 is 8.42 Å². The first kappa shape index (κ1) is 14.5. The van der Waals surface area contributed by atoms with Gasteiger partial charge < -0.3 is 0 Å². The largest absolute Gasteiger partial charge is 0.259 e. The Kier molecular flexibility index (Phi) is 3.30. The van der Waals surface area contributed by atoms with Crippen LogP contribution in [0.4, 0.5) is 0 Å². The summed E-state index contributed by atoms with van der Waals surface area (Å²) in [6.07, 6.45) is 3.46. The average Bonchev–Trinajstić information content (AvgIpc) is 3.13. The third-order valence-electron chi connectivity index (χ3n) is 4.05. The maximum Gasteiger partial charge on any atom is 0.259 e. The van der Waals surface area contributed by atoms with Gasteiger partial charge >= 0.3 is 0 Å². The molecule has 0 spiro atoms. The van der Waals surface area contributed by atoms with E-state index in [1.54, 1.807) is 6.20 Å². The highest BCUT2D eigenvalue weighted by Gasteiger charge is 2.42. The van der Waals surface area contributed by atoms with Crippen molar-refractivity contribution in [3.63, 3.8) is 0 Å². The number of hydrogen-bond donors (Lipinski definition) is 1. The molecule has 4 nitrogen and oxygen atoms in total. The van der Waals surface area contributed by atoms with Crippen molar-refractivity contribution in [3.8, 4) is 0 Å². The highest BCUT2D eigenvalue weighted by molar-refractivity contribution is 7.89. The Labute approximate surface area is 125 Å². The summed E-state index contributed by atoms with van der Waals surface area (Å²) in [4.78, 5) is 4.26. The van der Waals surface area contributed by atoms with Crippen molar-refractivity contribution in [3.05, 3.63) is 36.0 Å². The summed E-state index contributed by atoms with van der Waals surface area (Å²) in [7, 11) is -3.59. The molecular weight excluding hydrogens is 284 g/mol. The van der Waals surface area contributed by atoms with E-state index in [0.29, 0.717) is 11.3 Å². The van der Waals surface area contributed by atoms with Crippen LogP contribution in [0.3, 0.4) is 0 Å². The van der Waals surface area contributed by atoms with E-state index < -0.39 is 10.0 Å². The highest BCUT2D eigenvalue weighted by Crippen LogP contribution is 2.37. The minimum atomic E-state index is -3.59. The van der Waals surface area contributed by atoms with Gasteiger partial charge in [-0.2, -0.15) is 0 Å². The molecule has 2 aromatic rings. The predicted octanol–water partition coefficient (Wildman–Crippen LogP) is 3.19. The maximum atomic E-state index is 12.6. The molecule has 0 aliphatic heterocycles. The van der Waals surface area contributed by atoms with Gasteiger partial charge in [0.05, 0.1) is 0 Å². The fourth-order valence-electron chi connectivity index (χ4n) is 2.53. The van der Waals surface area contributed by atoms with Crippen LogP contribution in [0.25, 0.3) is 10.8 Å². The lowest BCUT2D eigenvalue weighted by Crippen LogP contribution is -2.34. The Morgan fingerprint density at radius 3 is 2.38 bits per heavy atom. The van der Waals surface area contributed by atoms with Crippen LogP contribution < -0.4 is 4.72 Å². The molecule has 5 heteroatoms. The molecule has 1 heterocycles. The van der Waals surface area contributed by atoms with Crippen molar-refractivity contribution in [2.75, 3.05) is 0 Å². The van der Waals surface area contributed by atoms with Crippen LogP contribution in [0.1, 0.15) is 45.1 Å². The third kappa shape index (κ3) is 2.68. The molecule has 0 unspecified atom stereocenters. The van der Waals surface area contributed by atoms with Gasteiger partial charge in [0.15, 0.2) is 5.03 Å². The second-order valence-corrected chi connectivity index (χ2v) is 7.98. The molecule has 1 aromatic heterocycles. The number of pyridine rings is 1. The zero-order valence-electron chi connectivity index (χ0n) is 12.6.